The van der Waals surface area contributed by atoms with Crippen molar-refractivity contribution in [2.45, 2.75) is 13.8 Å². The Kier molecular flexibility index (Phi) is 6.60. The fraction of sp³-hybridized carbons (Fsp3) is 1.00. The number of rotatable bonds is 6. The van der Waals surface area contributed by atoms with Crippen LogP contribution in [0, 0.1) is 0 Å². The summed E-state index contributed by atoms with van der Waals surface area (Å²) in [7, 11) is 0. The number of halogens is 2. The Balaban J connectivity index is 4.06. The molecule has 0 aromatic heterocycles. The zero-order chi connectivity index (χ0) is 9.61. The number of nitrogens with zero attached hydrogens (tertiary/aromatic N) is 1. The zero-order valence-corrected chi connectivity index (χ0v) is 9.79. The van der Waals surface area contributed by atoms with Crippen LogP contribution in [-0.4, -0.2) is 30.2 Å². The predicted molar refractivity (Wildman–Crippen MR) is 55.1 cm³/mol. The van der Waals surface area contributed by atoms with Gasteiger partial charge in [0.25, 0.3) is 0 Å². The Labute approximate surface area is 83.7 Å². The molecule has 1 atom stereocenters. The van der Waals surface area contributed by atoms with Gasteiger partial charge in [-0.25, -0.2) is 9.76 Å². The van der Waals surface area contributed by atoms with Crippen molar-refractivity contribution in [2.24, 2.45) is 0 Å². The molecule has 0 aliphatic carbocycles. The van der Waals surface area contributed by atoms with Crippen molar-refractivity contribution >= 4 is 29.6 Å². The molecule has 0 aromatic carbocycles. The van der Waals surface area contributed by atoms with Crippen LogP contribution in [0.3, 0.4) is 0 Å². The van der Waals surface area contributed by atoms with Gasteiger partial charge in [0.2, 0.25) is 0 Å². The van der Waals surface area contributed by atoms with Gasteiger partial charge in [-0.2, -0.15) is 0 Å². The maximum Gasteiger partial charge on any atom is 0.301 e. The predicted octanol–water partition coefficient (Wildman–Crippen LogP) is 2.50. The largest absolute Gasteiger partial charge is 0.301 e. The molecule has 0 fully saturated rings. The molecule has 0 spiro atoms. The first-order valence-corrected chi connectivity index (χ1v) is 7.04. The monoisotopic (exact) mass is 232 g/mol. The second kappa shape index (κ2) is 6.22. The topological polar surface area (TPSA) is 32.3 Å². The normalized spacial score (nSPS) is 16.4. The van der Waals surface area contributed by atoms with Gasteiger partial charge in [-0.1, -0.05) is 13.8 Å². The highest BCUT2D eigenvalue weighted by molar-refractivity contribution is 7.85. The lowest BCUT2D eigenvalue weighted by molar-refractivity contribution is 0.446. The summed E-state index contributed by atoms with van der Waals surface area (Å²) >= 11 is 11.2. The van der Waals surface area contributed by atoms with Crippen LogP contribution in [0.15, 0.2) is 0 Å². The molecule has 0 rings (SSSR count). The molecule has 6 heteroatoms. The van der Waals surface area contributed by atoms with Crippen molar-refractivity contribution in [2.75, 3.05) is 25.5 Å². The molecule has 74 valence electrons. The SMILES string of the molecule is CCN(CC)P(=O)(Cl)NCCCl. The van der Waals surface area contributed by atoms with Crippen molar-refractivity contribution in [3.63, 3.8) is 0 Å². The molecule has 12 heavy (non-hydrogen) atoms. The maximum atomic E-state index is 11.7. The molecule has 0 heterocycles. The van der Waals surface area contributed by atoms with Gasteiger partial charge < -0.3 is 0 Å². The van der Waals surface area contributed by atoms with E-state index in [9.17, 15) is 4.57 Å². The Hall–Kier alpha value is 0.730. The summed E-state index contributed by atoms with van der Waals surface area (Å²) in [4.78, 5) is 0. The van der Waals surface area contributed by atoms with Gasteiger partial charge in [0.1, 0.15) is 0 Å². The Morgan fingerprint density at radius 2 is 1.92 bits per heavy atom. The van der Waals surface area contributed by atoms with Crippen molar-refractivity contribution < 1.29 is 4.57 Å². The highest BCUT2D eigenvalue weighted by Gasteiger charge is 2.23. The molecule has 0 amide bonds. The smallest absolute Gasteiger partial charge is 0.271 e. The van der Waals surface area contributed by atoms with Crippen LogP contribution in [0.1, 0.15) is 13.8 Å². The van der Waals surface area contributed by atoms with E-state index in [2.05, 4.69) is 5.09 Å². The summed E-state index contributed by atoms with van der Waals surface area (Å²) in [5, 5.41) is 2.73. The molecule has 0 saturated carbocycles. The number of hydrogen-bond acceptors (Lipinski definition) is 1. The molecule has 0 bridgehead atoms. The summed E-state index contributed by atoms with van der Waals surface area (Å²) in [5.74, 6) is 0.415. The fourth-order valence-corrected chi connectivity index (χ4v) is 3.30. The van der Waals surface area contributed by atoms with Crippen LogP contribution >= 0.6 is 29.6 Å². The maximum absolute atomic E-state index is 11.7. The first kappa shape index (κ1) is 12.7. The Bertz CT molecular complexity index is 164. The minimum absolute atomic E-state index is 0.415. The van der Waals surface area contributed by atoms with Crippen molar-refractivity contribution in [1.29, 1.82) is 0 Å². The van der Waals surface area contributed by atoms with E-state index in [1.54, 1.807) is 4.67 Å². The fourth-order valence-electron chi connectivity index (χ4n) is 0.868. The molecule has 0 aliphatic heterocycles. The second-order valence-electron chi connectivity index (χ2n) is 2.24. The molecule has 0 aliphatic rings. The minimum atomic E-state index is -2.85. The van der Waals surface area contributed by atoms with Gasteiger partial charge in [-0.05, 0) is 11.2 Å². The van der Waals surface area contributed by atoms with E-state index in [1.807, 2.05) is 13.8 Å². The average molecular weight is 233 g/mol. The van der Waals surface area contributed by atoms with Crippen LogP contribution in [0.4, 0.5) is 0 Å². The van der Waals surface area contributed by atoms with Crippen LogP contribution < -0.4 is 5.09 Å². The van der Waals surface area contributed by atoms with E-state index in [1.165, 1.54) is 0 Å². The van der Waals surface area contributed by atoms with Crippen molar-refractivity contribution in [1.82, 2.24) is 9.76 Å². The van der Waals surface area contributed by atoms with E-state index < -0.39 is 6.80 Å². The number of alkyl halides is 1. The average Bonchev–Trinajstić information content (AvgIpc) is 2.03. The van der Waals surface area contributed by atoms with Crippen LogP contribution in [0.25, 0.3) is 0 Å². The molecule has 0 radical (unpaired) electrons. The summed E-state index contributed by atoms with van der Waals surface area (Å²) in [6, 6.07) is 0. The van der Waals surface area contributed by atoms with Crippen LogP contribution in [0.2, 0.25) is 0 Å². The Morgan fingerprint density at radius 1 is 1.42 bits per heavy atom. The lowest BCUT2D eigenvalue weighted by atomic mass is 10.7. The van der Waals surface area contributed by atoms with Gasteiger partial charge in [-0.3, -0.25) is 4.57 Å². The van der Waals surface area contributed by atoms with Gasteiger partial charge in [0.05, 0.1) is 0 Å². The lowest BCUT2D eigenvalue weighted by Gasteiger charge is -2.24. The zero-order valence-electron chi connectivity index (χ0n) is 7.39. The van der Waals surface area contributed by atoms with E-state index >= 15 is 0 Å². The van der Waals surface area contributed by atoms with Crippen molar-refractivity contribution in [3.8, 4) is 0 Å². The summed E-state index contributed by atoms with van der Waals surface area (Å²) in [6.07, 6.45) is 0. The molecular formula is C6H15Cl2N2OP. The van der Waals surface area contributed by atoms with E-state index in [-0.39, 0.29) is 0 Å². The molecule has 0 aromatic rings. The molecule has 3 nitrogen and oxygen atoms in total. The molecule has 0 saturated heterocycles. The second-order valence-corrected chi connectivity index (χ2v) is 5.88. The first-order valence-electron chi connectivity index (χ1n) is 3.94. The van der Waals surface area contributed by atoms with Gasteiger partial charge in [0, 0.05) is 25.5 Å². The van der Waals surface area contributed by atoms with Gasteiger partial charge in [0.15, 0.2) is 0 Å². The van der Waals surface area contributed by atoms with E-state index in [0.717, 1.165) is 0 Å². The van der Waals surface area contributed by atoms with Crippen LogP contribution in [0.5, 0.6) is 0 Å². The summed E-state index contributed by atoms with van der Waals surface area (Å²) < 4.78 is 13.4. The number of hydrogen-bond donors (Lipinski definition) is 1. The third-order valence-electron chi connectivity index (χ3n) is 1.50. The number of nitrogens with one attached hydrogen (secondary N) is 1. The quantitative estimate of drug-likeness (QED) is 0.565. The van der Waals surface area contributed by atoms with Gasteiger partial charge >= 0.3 is 6.80 Å². The minimum Gasteiger partial charge on any atom is -0.271 e. The highest BCUT2D eigenvalue weighted by Crippen LogP contribution is 2.49. The summed E-state index contributed by atoms with van der Waals surface area (Å²) in [6.45, 7) is 2.80. The van der Waals surface area contributed by atoms with Gasteiger partial charge in [-0.15, -0.1) is 11.6 Å². The van der Waals surface area contributed by atoms with Crippen LogP contribution in [-0.2, 0) is 4.57 Å². The standard InChI is InChI=1S/C6H15Cl2N2OP/c1-3-10(4-2)12(8,11)9-6-5-7/h3-6H2,1-2H3,(H,9,11). The van der Waals surface area contributed by atoms with Crippen molar-refractivity contribution in [3.05, 3.63) is 0 Å². The van der Waals surface area contributed by atoms with E-state index in [4.69, 9.17) is 22.8 Å². The van der Waals surface area contributed by atoms with E-state index in [0.29, 0.717) is 25.5 Å². The highest BCUT2D eigenvalue weighted by atomic mass is 35.7. The molecular weight excluding hydrogens is 218 g/mol. The third kappa shape index (κ3) is 4.11. The molecule has 1 N–H and O–H groups in total. The third-order valence-corrected chi connectivity index (χ3v) is 4.59. The lowest BCUT2D eigenvalue weighted by Crippen LogP contribution is -2.26. The first-order chi connectivity index (χ1) is 5.58. The Morgan fingerprint density at radius 3 is 2.25 bits per heavy atom. The molecule has 1 unspecified atom stereocenters. The summed E-state index contributed by atoms with van der Waals surface area (Å²) in [5.41, 5.74) is 0.